The van der Waals surface area contributed by atoms with Crippen LogP contribution in [-0.2, 0) is 0 Å². The van der Waals surface area contributed by atoms with Crippen molar-refractivity contribution in [2.45, 2.75) is 37.8 Å². The van der Waals surface area contributed by atoms with Crippen molar-refractivity contribution >= 4 is 11.0 Å². The molecule has 0 spiro atoms. The van der Waals surface area contributed by atoms with Gasteiger partial charge >= 0.3 is 0 Å². The van der Waals surface area contributed by atoms with Crippen LogP contribution in [0.25, 0.3) is 11.0 Å². The molecule has 3 atom stereocenters. The van der Waals surface area contributed by atoms with E-state index in [1.807, 2.05) is 19.2 Å². The first-order valence-corrected chi connectivity index (χ1v) is 8.11. The van der Waals surface area contributed by atoms with E-state index in [0.717, 1.165) is 29.3 Å². The van der Waals surface area contributed by atoms with E-state index in [9.17, 15) is 8.78 Å². The second kappa shape index (κ2) is 5.94. The molecule has 3 aromatic rings. The summed E-state index contributed by atoms with van der Waals surface area (Å²) in [7, 11) is 0. The van der Waals surface area contributed by atoms with Gasteiger partial charge < -0.3 is 10.3 Å². The minimum Gasteiger partial charge on any atom is -0.359 e. The molecule has 2 N–H and O–H groups in total. The lowest BCUT2D eigenvalue weighted by atomic mass is 9.84. The van der Waals surface area contributed by atoms with Gasteiger partial charge in [-0.2, -0.15) is 0 Å². The van der Waals surface area contributed by atoms with E-state index in [-0.39, 0.29) is 23.8 Å². The molecule has 24 heavy (non-hydrogen) atoms. The molecule has 1 aromatic carbocycles. The van der Waals surface area contributed by atoms with Gasteiger partial charge in [0.15, 0.2) is 0 Å². The van der Waals surface area contributed by atoms with Crippen molar-refractivity contribution in [3.8, 4) is 0 Å². The van der Waals surface area contributed by atoms with Crippen molar-refractivity contribution in [2.24, 2.45) is 0 Å². The van der Waals surface area contributed by atoms with E-state index >= 15 is 0 Å². The molecule has 0 bridgehead atoms. The molecule has 0 aliphatic carbocycles. The average Bonchev–Trinajstić information content (AvgIpc) is 3.04. The van der Waals surface area contributed by atoms with Gasteiger partial charge in [-0.1, -0.05) is 0 Å². The Kier molecular flexibility index (Phi) is 3.76. The predicted octanol–water partition coefficient (Wildman–Crippen LogP) is 3.83. The fraction of sp³-hybridized carbons (Fsp3) is 0.333. The van der Waals surface area contributed by atoms with Crippen LogP contribution in [0.2, 0.25) is 0 Å². The number of fused-ring (bicyclic) bond motifs is 1. The Morgan fingerprint density at radius 2 is 2.04 bits per heavy atom. The van der Waals surface area contributed by atoms with Crippen molar-refractivity contribution in [1.82, 2.24) is 20.3 Å². The Hall–Kier alpha value is -2.34. The van der Waals surface area contributed by atoms with Gasteiger partial charge in [-0.25, -0.2) is 18.7 Å². The molecule has 4 rings (SSSR count). The third-order valence-electron chi connectivity index (χ3n) is 4.66. The maximum absolute atomic E-state index is 14.1. The number of halogens is 2. The van der Waals surface area contributed by atoms with E-state index in [1.54, 1.807) is 6.20 Å². The number of rotatable bonds is 2. The number of H-pyrrole nitrogens is 1. The van der Waals surface area contributed by atoms with Gasteiger partial charge in [-0.3, -0.25) is 0 Å². The molecular formula is C18H18F2N4. The molecule has 3 heterocycles. The highest BCUT2D eigenvalue weighted by molar-refractivity contribution is 5.73. The van der Waals surface area contributed by atoms with Crippen molar-refractivity contribution in [3.63, 3.8) is 0 Å². The van der Waals surface area contributed by atoms with Crippen LogP contribution >= 0.6 is 0 Å². The summed E-state index contributed by atoms with van der Waals surface area (Å²) in [6.07, 6.45) is 5.12. The Morgan fingerprint density at radius 1 is 1.17 bits per heavy atom. The van der Waals surface area contributed by atoms with Crippen LogP contribution in [0.3, 0.4) is 0 Å². The van der Waals surface area contributed by atoms with Gasteiger partial charge in [0.05, 0.1) is 17.2 Å². The molecular weight excluding hydrogens is 310 g/mol. The highest BCUT2D eigenvalue weighted by Crippen LogP contribution is 2.36. The van der Waals surface area contributed by atoms with Crippen LogP contribution in [0, 0.1) is 11.6 Å². The quantitative estimate of drug-likeness (QED) is 0.752. The Balaban J connectivity index is 1.66. The van der Waals surface area contributed by atoms with Crippen molar-refractivity contribution in [3.05, 3.63) is 59.7 Å². The van der Waals surface area contributed by atoms with Crippen LogP contribution in [0.5, 0.6) is 0 Å². The monoisotopic (exact) mass is 328 g/mol. The lowest BCUT2D eigenvalue weighted by Gasteiger charge is -2.34. The summed E-state index contributed by atoms with van der Waals surface area (Å²) in [6, 6.07) is 5.43. The summed E-state index contributed by atoms with van der Waals surface area (Å²) in [4.78, 5) is 12.2. The fourth-order valence-electron chi connectivity index (χ4n) is 3.55. The largest absolute Gasteiger partial charge is 0.359 e. The summed E-state index contributed by atoms with van der Waals surface area (Å²) in [5.74, 6) is 0.0576. The SMILES string of the molecule is CC1CC(c2ncc3[nH]ccc3n2)CC(c2cc(F)ccc2F)N1. The summed E-state index contributed by atoms with van der Waals surface area (Å²) in [5, 5.41) is 3.36. The Bertz CT molecular complexity index is 876. The number of aromatic nitrogens is 3. The summed E-state index contributed by atoms with van der Waals surface area (Å²) < 4.78 is 27.7. The van der Waals surface area contributed by atoms with Crippen molar-refractivity contribution in [2.75, 3.05) is 0 Å². The van der Waals surface area contributed by atoms with Crippen LogP contribution in [-0.4, -0.2) is 21.0 Å². The highest BCUT2D eigenvalue weighted by Gasteiger charge is 2.31. The number of piperidine rings is 1. The standard InChI is InChI=1S/C18H18F2N4/c1-10-6-11(18-22-9-17-15(24-18)4-5-21-17)7-16(23-10)13-8-12(19)2-3-14(13)20/h2-5,8-11,16,21,23H,6-7H2,1H3. The van der Waals surface area contributed by atoms with Crippen LogP contribution in [0.4, 0.5) is 8.78 Å². The van der Waals surface area contributed by atoms with E-state index in [2.05, 4.69) is 20.3 Å². The Labute approximate surface area is 138 Å². The molecule has 2 aromatic heterocycles. The maximum Gasteiger partial charge on any atom is 0.132 e. The number of nitrogens with zero attached hydrogens (tertiary/aromatic N) is 2. The third-order valence-corrected chi connectivity index (χ3v) is 4.66. The molecule has 1 saturated heterocycles. The molecule has 0 saturated carbocycles. The third kappa shape index (κ3) is 2.78. The van der Waals surface area contributed by atoms with Gasteiger partial charge in [0, 0.05) is 29.8 Å². The number of nitrogens with one attached hydrogen (secondary N) is 2. The smallest absolute Gasteiger partial charge is 0.132 e. The molecule has 3 unspecified atom stereocenters. The fourth-order valence-corrected chi connectivity index (χ4v) is 3.55. The first-order valence-electron chi connectivity index (χ1n) is 8.11. The Morgan fingerprint density at radius 3 is 2.92 bits per heavy atom. The lowest BCUT2D eigenvalue weighted by molar-refractivity contribution is 0.294. The lowest BCUT2D eigenvalue weighted by Crippen LogP contribution is -2.38. The maximum atomic E-state index is 14.1. The predicted molar refractivity (Wildman–Crippen MR) is 87.6 cm³/mol. The van der Waals surface area contributed by atoms with Gasteiger partial charge in [-0.15, -0.1) is 0 Å². The molecule has 4 nitrogen and oxygen atoms in total. The summed E-state index contributed by atoms with van der Waals surface area (Å²) in [6.45, 7) is 2.05. The van der Waals surface area contributed by atoms with E-state index < -0.39 is 5.82 Å². The van der Waals surface area contributed by atoms with Crippen LogP contribution in [0.15, 0.2) is 36.7 Å². The molecule has 1 aliphatic heterocycles. The van der Waals surface area contributed by atoms with Crippen molar-refractivity contribution in [1.29, 1.82) is 0 Å². The molecule has 0 radical (unpaired) electrons. The summed E-state index contributed by atoms with van der Waals surface area (Å²) >= 11 is 0. The van der Waals surface area contributed by atoms with Crippen LogP contribution in [0.1, 0.15) is 43.1 Å². The van der Waals surface area contributed by atoms with Gasteiger partial charge in [-0.05, 0) is 44.0 Å². The zero-order chi connectivity index (χ0) is 16.7. The first kappa shape index (κ1) is 15.2. The number of benzene rings is 1. The van der Waals surface area contributed by atoms with E-state index in [4.69, 9.17) is 0 Å². The van der Waals surface area contributed by atoms with E-state index in [0.29, 0.717) is 12.0 Å². The van der Waals surface area contributed by atoms with Gasteiger partial charge in [0.25, 0.3) is 0 Å². The summed E-state index contributed by atoms with van der Waals surface area (Å²) in [5.41, 5.74) is 2.14. The number of aromatic amines is 1. The molecule has 1 fully saturated rings. The highest BCUT2D eigenvalue weighted by atomic mass is 19.1. The molecule has 0 amide bonds. The molecule has 1 aliphatic rings. The zero-order valence-electron chi connectivity index (χ0n) is 13.3. The van der Waals surface area contributed by atoms with Gasteiger partial charge in [0.1, 0.15) is 17.5 Å². The second-order valence-corrected chi connectivity index (χ2v) is 6.46. The second-order valence-electron chi connectivity index (χ2n) is 6.46. The number of hydrogen-bond donors (Lipinski definition) is 2. The van der Waals surface area contributed by atoms with E-state index in [1.165, 1.54) is 12.1 Å². The normalized spacial score (nSPS) is 24.4. The topological polar surface area (TPSA) is 53.6 Å². The minimum absolute atomic E-state index is 0.105. The van der Waals surface area contributed by atoms with Crippen LogP contribution < -0.4 is 5.32 Å². The first-order chi connectivity index (χ1) is 11.6. The average molecular weight is 328 g/mol. The zero-order valence-corrected chi connectivity index (χ0v) is 13.3. The molecule has 124 valence electrons. The number of hydrogen-bond acceptors (Lipinski definition) is 3. The van der Waals surface area contributed by atoms with Gasteiger partial charge in [0.2, 0.25) is 0 Å². The minimum atomic E-state index is -0.423. The molecule has 6 heteroatoms. The van der Waals surface area contributed by atoms with Crippen molar-refractivity contribution < 1.29 is 8.78 Å².